The van der Waals surface area contributed by atoms with E-state index in [1.165, 1.54) is 16.5 Å². The molecule has 2 aromatic carbocycles. The fourth-order valence-corrected chi connectivity index (χ4v) is 4.99. The van der Waals surface area contributed by atoms with E-state index < -0.39 is 0 Å². The van der Waals surface area contributed by atoms with E-state index in [0.29, 0.717) is 5.92 Å². The molecule has 1 aliphatic rings. The minimum Gasteiger partial charge on any atom is -0.493 e. The maximum Gasteiger partial charge on any atom is 0.161 e. The number of nitrogens with one attached hydrogen (secondary N) is 1. The highest BCUT2D eigenvalue weighted by Gasteiger charge is 2.19. The molecule has 0 radical (unpaired) electrons. The second kappa shape index (κ2) is 9.62. The number of fused-ring (bicyclic) bond motifs is 1. The van der Waals surface area contributed by atoms with Gasteiger partial charge in [-0.15, -0.1) is 0 Å². The van der Waals surface area contributed by atoms with Crippen molar-refractivity contribution in [3.8, 4) is 33.9 Å². The van der Waals surface area contributed by atoms with Crippen molar-refractivity contribution in [2.75, 3.05) is 52.3 Å². The molecule has 182 valence electrons. The molecule has 6 heteroatoms. The lowest BCUT2D eigenvalue weighted by molar-refractivity contribution is 0.312. The van der Waals surface area contributed by atoms with Crippen molar-refractivity contribution in [3.63, 3.8) is 0 Å². The molecule has 4 aromatic rings. The molecule has 1 N–H and O–H groups in total. The molecule has 0 aliphatic carbocycles. The molecule has 0 saturated carbocycles. The second-order valence-corrected chi connectivity index (χ2v) is 9.59. The first kappa shape index (κ1) is 23.2. The van der Waals surface area contributed by atoms with Crippen LogP contribution in [0.4, 0.5) is 5.82 Å². The van der Waals surface area contributed by atoms with Gasteiger partial charge in [0.1, 0.15) is 5.82 Å². The van der Waals surface area contributed by atoms with Crippen molar-refractivity contribution in [2.45, 2.75) is 19.8 Å². The number of nitrogens with zero attached hydrogens (tertiary/aromatic N) is 3. The zero-order valence-corrected chi connectivity index (χ0v) is 21.3. The quantitative estimate of drug-likeness (QED) is 0.387. The van der Waals surface area contributed by atoms with Gasteiger partial charge in [-0.25, -0.2) is 4.98 Å². The summed E-state index contributed by atoms with van der Waals surface area (Å²) in [5, 5.41) is 1.24. The van der Waals surface area contributed by atoms with Gasteiger partial charge in [-0.3, -0.25) is 0 Å². The number of methoxy groups -OCH3 is 2. The minimum atomic E-state index is 0.347. The van der Waals surface area contributed by atoms with Crippen molar-refractivity contribution >= 4 is 16.7 Å². The summed E-state index contributed by atoms with van der Waals surface area (Å²) in [6.07, 6.45) is 2.01. The molecule has 1 saturated heterocycles. The van der Waals surface area contributed by atoms with Crippen molar-refractivity contribution in [2.24, 2.45) is 0 Å². The van der Waals surface area contributed by atoms with Crippen molar-refractivity contribution in [1.82, 2.24) is 14.9 Å². The fraction of sp³-hybridized carbons (Fsp3) is 0.345. The van der Waals surface area contributed by atoms with Crippen LogP contribution in [0.1, 0.15) is 25.3 Å². The van der Waals surface area contributed by atoms with Crippen LogP contribution in [0.25, 0.3) is 33.3 Å². The molecule has 0 spiro atoms. The van der Waals surface area contributed by atoms with E-state index in [0.717, 1.165) is 65.8 Å². The number of H-pyrrole nitrogens is 1. The average Bonchev–Trinajstić information content (AvgIpc) is 3.28. The summed E-state index contributed by atoms with van der Waals surface area (Å²) < 4.78 is 11.0. The third-order valence-electron chi connectivity index (χ3n) is 7.00. The van der Waals surface area contributed by atoms with Gasteiger partial charge in [-0.05, 0) is 66.6 Å². The van der Waals surface area contributed by atoms with E-state index in [1.807, 2.05) is 18.3 Å². The highest BCUT2D eigenvalue weighted by Crippen LogP contribution is 2.40. The Kier molecular flexibility index (Phi) is 6.39. The fourth-order valence-electron chi connectivity index (χ4n) is 4.99. The van der Waals surface area contributed by atoms with Gasteiger partial charge in [0, 0.05) is 54.4 Å². The molecule has 0 atom stereocenters. The number of aromatic amines is 1. The van der Waals surface area contributed by atoms with E-state index in [-0.39, 0.29) is 0 Å². The first-order valence-corrected chi connectivity index (χ1v) is 12.3. The Morgan fingerprint density at radius 1 is 0.829 bits per heavy atom. The van der Waals surface area contributed by atoms with Gasteiger partial charge in [0.25, 0.3) is 0 Å². The van der Waals surface area contributed by atoms with Crippen LogP contribution < -0.4 is 14.4 Å². The average molecular weight is 471 g/mol. The summed E-state index contributed by atoms with van der Waals surface area (Å²) in [6.45, 7) is 8.68. The van der Waals surface area contributed by atoms with Crippen LogP contribution in [-0.4, -0.2) is 62.3 Å². The summed E-state index contributed by atoms with van der Waals surface area (Å²) in [6, 6.07) is 17.1. The normalized spacial score (nSPS) is 14.6. The van der Waals surface area contributed by atoms with E-state index >= 15 is 0 Å². The van der Waals surface area contributed by atoms with Crippen LogP contribution in [0.3, 0.4) is 0 Å². The molecule has 3 heterocycles. The number of aromatic nitrogens is 2. The summed E-state index contributed by atoms with van der Waals surface area (Å²) in [4.78, 5) is 13.2. The Balaban J connectivity index is 1.51. The smallest absolute Gasteiger partial charge is 0.161 e. The number of rotatable bonds is 6. The van der Waals surface area contributed by atoms with Gasteiger partial charge in [-0.1, -0.05) is 19.9 Å². The Hall–Kier alpha value is -3.51. The van der Waals surface area contributed by atoms with Crippen LogP contribution in [-0.2, 0) is 0 Å². The first-order chi connectivity index (χ1) is 17.0. The van der Waals surface area contributed by atoms with Gasteiger partial charge in [0.05, 0.1) is 19.9 Å². The predicted octanol–water partition coefficient (Wildman–Crippen LogP) is 5.79. The van der Waals surface area contributed by atoms with E-state index in [1.54, 1.807) is 14.2 Å². The number of piperazine rings is 1. The highest BCUT2D eigenvalue weighted by atomic mass is 16.5. The van der Waals surface area contributed by atoms with Crippen molar-refractivity contribution in [1.29, 1.82) is 0 Å². The van der Waals surface area contributed by atoms with Crippen LogP contribution in [0, 0.1) is 0 Å². The van der Waals surface area contributed by atoms with Gasteiger partial charge < -0.3 is 24.3 Å². The first-order valence-electron chi connectivity index (χ1n) is 12.3. The van der Waals surface area contributed by atoms with Gasteiger partial charge in [-0.2, -0.15) is 0 Å². The molecule has 1 aliphatic heterocycles. The van der Waals surface area contributed by atoms with Crippen molar-refractivity contribution in [3.05, 3.63) is 60.3 Å². The molecule has 1 fully saturated rings. The monoisotopic (exact) mass is 470 g/mol. The summed E-state index contributed by atoms with van der Waals surface area (Å²) >= 11 is 0. The lowest BCUT2D eigenvalue weighted by Crippen LogP contribution is -2.44. The summed E-state index contributed by atoms with van der Waals surface area (Å²) in [7, 11) is 5.51. The number of benzene rings is 2. The molecular formula is C29H34N4O2. The molecular weight excluding hydrogens is 436 g/mol. The van der Waals surface area contributed by atoms with Crippen molar-refractivity contribution < 1.29 is 9.47 Å². The number of likely N-dealkylation sites (N-methyl/N-ethyl adjacent to an activating group) is 1. The third-order valence-corrected chi connectivity index (χ3v) is 7.00. The number of anilines is 1. The third kappa shape index (κ3) is 4.46. The van der Waals surface area contributed by atoms with E-state index in [4.69, 9.17) is 14.5 Å². The van der Waals surface area contributed by atoms with Crippen LogP contribution in [0.2, 0.25) is 0 Å². The van der Waals surface area contributed by atoms with Crippen LogP contribution in [0.15, 0.2) is 54.7 Å². The SMILES string of the molecule is COc1ccc(-c2[nH]c3ccc(-c4ccc(N5CCN(C)CC5)nc4)cc3c2C(C)C)cc1OC. The number of hydrogen-bond acceptors (Lipinski definition) is 5. The molecule has 0 unspecified atom stereocenters. The second-order valence-electron chi connectivity index (χ2n) is 9.59. The molecule has 6 nitrogen and oxygen atoms in total. The predicted molar refractivity (Wildman–Crippen MR) is 144 cm³/mol. The van der Waals surface area contributed by atoms with Crippen LogP contribution >= 0.6 is 0 Å². The molecule has 5 rings (SSSR count). The lowest BCUT2D eigenvalue weighted by atomic mass is 9.94. The zero-order chi connectivity index (χ0) is 24.5. The van der Waals surface area contributed by atoms with Crippen LogP contribution in [0.5, 0.6) is 11.5 Å². The van der Waals surface area contributed by atoms with E-state index in [9.17, 15) is 0 Å². The topological polar surface area (TPSA) is 53.6 Å². The van der Waals surface area contributed by atoms with Gasteiger partial charge in [0.15, 0.2) is 11.5 Å². The number of hydrogen-bond donors (Lipinski definition) is 1. The Morgan fingerprint density at radius 2 is 1.54 bits per heavy atom. The summed E-state index contributed by atoms with van der Waals surface area (Å²) in [5.41, 5.74) is 6.95. The largest absolute Gasteiger partial charge is 0.493 e. The Labute approximate surface area is 207 Å². The molecule has 2 aromatic heterocycles. The Morgan fingerprint density at radius 3 is 2.20 bits per heavy atom. The number of ether oxygens (including phenoxy) is 2. The number of pyridine rings is 1. The summed E-state index contributed by atoms with van der Waals surface area (Å²) in [5.74, 6) is 2.86. The maximum atomic E-state index is 5.56. The highest BCUT2D eigenvalue weighted by molar-refractivity contribution is 5.94. The standard InChI is InChI=1S/C29H34N4O2/c1-19(2)28-23-16-20(22-8-11-27(30-18-22)33-14-12-32(3)13-15-33)6-9-24(23)31-29(28)21-7-10-25(34-4)26(17-21)35-5/h6-11,16-19,31H,12-15H2,1-5H3. The van der Waals surface area contributed by atoms with E-state index in [2.05, 4.69) is 72.1 Å². The molecule has 0 amide bonds. The molecule has 35 heavy (non-hydrogen) atoms. The maximum absolute atomic E-state index is 5.56. The zero-order valence-electron chi connectivity index (χ0n) is 21.3. The van der Waals surface area contributed by atoms with Gasteiger partial charge >= 0.3 is 0 Å². The van der Waals surface area contributed by atoms with Gasteiger partial charge in [0.2, 0.25) is 0 Å². The Bertz CT molecular complexity index is 1320. The lowest BCUT2D eigenvalue weighted by Gasteiger charge is -2.33. The minimum absolute atomic E-state index is 0.347. The molecule has 0 bridgehead atoms.